The lowest BCUT2D eigenvalue weighted by Gasteiger charge is -2.10. The second kappa shape index (κ2) is 6.02. The van der Waals surface area contributed by atoms with Crippen molar-refractivity contribution in [2.45, 2.75) is 27.7 Å². The summed E-state index contributed by atoms with van der Waals surface area (Å²) in [4.78, 5) is 0. The lowest BCUT2D eigenvalue weighted by molar-refractivity contribution is 0.765. The van der Waals surface area contributed by atoms with E-state index in [0.717, 1.165) is 6.54 Å². The molecule has 1 nitrogen and oxygen atoms in total. The summed E-state index contributed by atoms with van der Waals surface area (Å²) in [5.41, 5.74) is 1.39. The summed E-state index contributed by atoms with van der Waals surface area (Å²) in [7, 11) is 0. The Bertz CT molecular complexity index is 143. The second-order valence-electron chi connectivity index (χ2n) is 2.61. The Kier molecular flexibility index (Phi) is 5.63. The summed E-state index contributed by atoms with van der Waals surface area (Å²) >= 11 is 0. The summed E-state index contributed by atoms with van der Waals surface area (Å²) < 4.78 is 0. The lowest BCUT2D eigenvalue weighted by Crippen LogP contribution is -2.11. The Morgan fingerprint density at radius 2 is 2.00 bits per heavy atom. The van der Waals surface area contributed by atoms with Gasteiger partial charge >= 0.3 is 0 Å². The molecule has 0 amide bonds. The fraction of sp³-hybridized carbons (Fsp3) is 0.600. The predicted octanol–water partition coefficient (Wildman–Crippen LogP) is 2.71. The molecule has 0 unspecified atom stereocenters. The van der Waals surface area contributed by atoms with Crippen LogP contribution in [-0.4, -0.2) is 6.54 Å². The molecule has 1 aliphatic heterocycles. The SMILES string of the molecule is CC.CC(C)C1=CNCC=C1. The first-order valence-electron chi connectivity index (χ1n) is 4.40. The Hall–Kier alpha value is -0.720. The number of rotatable bonds is 1. The minimum Gasteiger partial charge on any atom is -0.387 e. The van der Waals surface area contributed by atoms with Crippen molar-refractivity contribution in [2.24, 2.45) is 5.92 Å². The molecule has 0 bridgehead atoms. The Balaban J connectivity index is 0.000000461. The van der Waals surface area contributed by atoms with Crippen molar-refractivity contribution in [2.75, 3.05) is 6.54 Å². The van der Waals surface area contributed by atoms with Crippen LogP contribution in [-0.2, 0) is 0 Å². The van der Waals surface area contributed by atoms with E-state index in [0.29, 0.717) is 5.92 Å². The first kappa shape index (κ1) is 10.3. The number of nitrogens with one attached hydrogen (secondary N) is 1. The van der Waals surface area contributed by atoms with Gasteiger partial charge in [-0.3, -0.25) is 0 Å². The van der Waals surface area contributed by atoms with E-state index in [4.69, 9.17) is 0 Å². The van der Waals surface area contributed by atoms with Crippen molar-refractivity contribution in [3.63, 3.8) is 0 Å². The van der Waals surface area contributed by atoms with E-state index in [1.54, 1.807) is 0 Å². The number of allylic oxidation sites excluding steroid dienone is 2. The van der Waals surface area contributed by atoms with Crippen LogP contribution in [0.4, 0.5) is 0 Å². The van der Waals surface area contributed by atoms with Crippen LogP contribution in [0, 0.1) is 5.92 Å². The molecular formula is C10H19N. The molecular weight excluding hydrogens is 134 g/mol. The number of hydrogen-bond donors (Lipinski definition) is 1. The smallest absolute Gasteiger partial charge is 0.0328 e. The maximum absolute atomic E-state index is 3.17. The van der Waals surface area contributed by atoms with Crippen LogP contribution in [0.1, 0.15) is 27.7 Å². The molecule has 0 aromatic heterocycles. The Morgan fingerprint density at radius 3 is 2.27 bits per heavy atom. The van der Waals surface area contributed by atoms with E-state index < -0.39 is 0 Å². The van der Waals surface area contributed by atoms with Gasteiger partial charge in [0.25, 0.3) is 0 Å². The highest BCUT2D eigenvalue weighted by Gasteiger charge is 1.99. The molecule has 0 atom stereocenters. The first-order chi connectivity index (χ1) is 5.30. The van der Waals surface area contributed by atoms with Crippen molar-refractivity contribution < 1.29 is 0 Å². The van der Waals surface area contributed by atoms with E-state index in [1.165, 1.54) is 5.57 Å². The molecule has 0 aromatic rings. The van der Waals surface area contributed by atoms with Gasteiger partial charge in [0.05, 0.1) is 0 Å². The summed E-state index contributed by atoms with van der Waals surface area (Å²) in [5.74, 6) is 0.647. The average Bonchev–Trinajstić information content (AvgIpc) is 2.10. The minimum absolute atomic E-state index is 0.647. The van der Waals surface area contributed by atoms with E-state index in [-0.39, 0.29) is 0 Å². The third-order valence-corrected chi connectivity index (χ3v) is 1.48. The normalized spacial score (nSPS) is 14.8. The van der Waals surface area contributed by atoms with E-state index >= 15 is 0 Å². The standard InChI is InChI=1S/C8H13N.C2H6/c1-7(2)8-4-3-5-9-6-8;1-2/h3-4,6-7,9H,5H2,1-2H3;1-2H3. The van der Waals surface area contributed by atoms with Gasteiger partial charge in [-0.25, -0.2) is 0 Å². The van der Waals surface area contributed by atoms with Crippen LogP contribution < -0.4 is 5.32 Å². The van der Waals surface area contributed by atoms with E-state index in [1.807, 2.05) is 13.8 Å². The Labute approximate surface area is 70.2 Å². The molecule has 0 fully saturated rings. The molecule has 0 spiro atoms. The van der Waals surface area contributed by atoms with Crippen LogP contribution in [0.25, 0.3) is 0 Å². The zero-order valence-electron chi connectivity index (χ0n) is 8.02. The zero-order valence-corrected chi connectivity index (χ0v) is 8.02. The highest BCUT2D eigenvalue weighted by atomic mass is 14.8. The number of dihydropyridines is 1. The number of hydrogen-bond acceptors (Lipinski definition) is 1. The van der Waals surface area contributed by atoms with Gasteiger partial charge in [0.2, 0.25) is 0 Å². The molecule has 0 aromatic carbocycles. The second-order valence-corrected chi connectivity index (χ2v) is 2.61. The van der Waals surface area contributed by atoms with Gasteiger partial charge in [0.1, 0.15) is 0 Å². The third kappa shape index (κ3) is 3.87. The summed E-state index contributed by atoms with van der Waals surface area (Å²) in [5, 5.41) is 3.17. The van der Waals surface area contributed by atoms with Crippen LogP contribution in [0.3, 0.4) is 0 Å². The highest BCUT2D eigenvalue weighted by molar-refractivity contribution is 5.23. The summed E-state index contributed by atoms with van der Waals surface area (Å²) in [6.07, 6.45) is 6.42. The molecule has 1 heterocycles. The molecule has 0 aliphatic carbocycles. The maximum atomic E-state index is 3.17. The lowest BCUT2D eigenvalue weighted by atomic mass is 10.0. The van der Waals surface area contributed by atoms with Gasteiger partial charge in [-0.2, -0.15) is 0 Å². The van der Waals surface area contributed by atoms with Gasteiger partial charge < -0.3 is 5.32 Å². The molecule has 0 saturated carbocycles. The van der Waals surface area contributed by atoms with Gasteiger partial charge in [-0.15, -0.1) is 0 Å². The van der Waals surface area contributed by atoms with Crippen molar-refractivity contribution in [1.29, 1.82) is 0 Å². The van der Waals surface area contributed by atoms with Gasteiger partial charge in [0, 0.05) is 12.7 Å². The molecule has 1 heteroatoms. The minimum atomic E-state index is 0.647. The average molecular weight is 153 g/mol. The van der Waals surface area contributed by atoms with Crippen molar-refractivity contribution in [3.8, 4) is 0 Å². The molecule has 1 aliphatic rings. The highest BCUT2D eigenvalue weighted by Crippen LogP contribution is 2.10. The topological polar surface area (TPSA) is 12.0 Å². The molecule has 64 valence electrons. The summed E-state index contributed by atoms with van der Waals surface area (Å²) in [6, 6.07) is 0. The fourth-order valence-electron chi connectivity index (χ4n) is 0.847. The van der Waals surface area contributed by atoms with E-state index in [9.17, 15) is 0 Å². The fourth-order valence-corrected chi connectivity index (χ4v) is 0.847. The van der Waals surface area contributed by atoms with Crippen LogP contribution >= 0.6 is 0 Å². The van der Waals surface area contributed by atoms with Gasteiger partial charge in [-0.05, 0) is 11.5 Å². The molecule has 11 heavy (non-hydrogen) atoms. The van der Waals surface area contributed by atoms with E-state index in [2.05, 4.69) is 37.5 Å². The van der Waals surface area contributed by atoms with Crippen molar-refractivity contribution in [1.82, 2.24) is 5.32 Å². The third-order valence-electron chi connectivity index (χ3n) is 1.48. The molecule has 1 rings (SSSR count). The van der Waals surface area contributed by atoms with Crippen molar-refractivity contribution >= 4 is 0 Å². The quantitative estimate of drug-likeness (QED) is 0.610. The zero-order chi connectivity index (χ0) is 8.69. The first-order valence-corrected chi connectivity index (χ1v) is 4.40. The summed E-state index contributed by atoms with van der Waals surface area (Å²) in [6.45, 7) is 9.38. The molecule has 1 N–H and O–H groups in total. The Morgan fingerprint density at radius 1 is 1.36 bits per heavy atom. The monoisotopic (exact) mass is 153 g/mol. The predicted molar refractivity (Wildman–Crippen MR) is 51.4 cm³/mol. The molecule has 0 saturated heterocycles. The van der Waals surface area contributed by atoms with Crippen LogP contribution in [0.15, 0.2) is 23.9 Å². The van der Waals surface area contributed by atoms with Gasteiger partial charge in [-0.1, -0.05) is 39.8 Å². The largest absolute Gasteiger partial charge is 0.387 e. The molecule has 0 radical (unpaired) electrons. The van der Waals surface area contributed by atoms with Crippen LogP contribution in [0.2, 0.25) is 0 Å². The van der Waals surface area contributed by atoms with Crippen LogP contribution in [0.5, 0.6) is 0 Å². The van der Waals surface area contributed by atoms with Gasteiger partial charge in [0.15, 0.2) is 0 Å². The van der Waals surface area contributed by atoms with Crippen molar-refractivity contribution in [3.05, 3.63) is 23.9 Å². The maximum Gasteiger partial charge on any atom is 0.0328 e.